The highest BCUT2D eigenvalue weighted by Crippen LogP contribution is 2.45. The van der Waals surface area contributed by atoms with Crippen molar-refractivity contribution in [1.29, 1.82) is 0 Å². The van der Waals surface area contributed by atoms with E-state index in [0.717, 1.165) is 22.0 Å². The van der Waals surface area contributed by atoms with Crippen LogP contribution in [0, 0.1) is 0 Å². The summed E-state index contributed by atoms with van der Waals surface area (Å²) in [7, 11) is 1.37. The predicted molar refractivity (Wildman–Crippen MR) is 87.3 cm³/mol. The number of amides is 1. The molecule has 7 heteroatoms. The summed E-state index contributed by atoms with van der Waals surface area (Å²) in [6.07, 6.45) is -3.80. The maximum absolute atomic E-state index is 13.1. The number of halogens is 3. The van der Waals surface area contributed by atoms with Gasteiger partial charge in [-0.1, -0.05) is 45.0 Å². The van der Waals surface area contributed by atoms with E-state index in [1.54, 1.807) is 0 Å². The first kappa shape index (κ1) is 17.5. The summed E-state index contributed by atoms with van der Waals surface area (Å²) in [5.74, 6) is -0.807. The first-order chi connectivity index (χ1) is 11.5. The largest absolute Gasteiger partial charge is 0.420 e. The number of carbonyl (C=O) groups is 1. The number of carbonyl (C=O) groups excluding carboxylic acids is 1. The lowest BCUT2D eigenvalue weighted by Crippen LogP contribution is -2.46. The van der Waals surface area contributed by atoms with Crippen LogP contribution in [0.3, 0.4) is 0 Å². The van der Waals surface area contributed by atoms with Crippen molar-refractivity contribution in [2.24, 2.45) is 7.05 Å². The minimum atomic E-state index is -4.62. The van der Waals surface area contributed by atoms with Gasteiger partial charge in [0, 0.05) is 30.6 Å². The van der Waals surface area contributed by atoms with Gasteiger partial charge in [-0.2, -0.15) is 18.3 Å². The van der Waals surface area contributed by atoms with Gasteiger partial charge in [0.15, 0.2) is 5.69 Å². The summed E-state index contributed by atoms with van der Waals surface area (Å²) in [5.41, 5.74) is 0.209. The van der Waals surface area contributed by atoms with Crippen LogP contribution in [0.1, 0.15) is 53.9 Å². The van der Waals surface area contributed by atoms with Crippen LogP contribution in [0.5, 0.6) is 0 Å². The highest BCUT2D eigenvalue weighted by atomic mass is 19.4. The van der Waals surface area contributed by atoms with Gasteiger partial charge in [0.25, 0.3) is 5.91 Å². The van der Waals surface area contributed by atoms with Crippen molar-refractivity contribution in [1.82, 2.24) is 15.1 Å². The topological polar surface area (TPSA) is 46.9 Å². The molecule has 0 saturated carbocycles. The molecule has 134 valence electrons. The van der Waals surface area contributed by atoms with Crippen LogP contribution in [0.2, 0.25) is 0 Å². The molecule has 4 nitrogen and oxygen atoms in total. The molecule has 0 aliphatic heterocycles. The van der Waals surface area contributed by atoms with Crippen LogP contribution >= 0.6 is 0 Å². The second kappa shape index (κ2) is 5.61. The molecule has 1 aliphatic rings. The highest BCUT2D eigenvalue weighted by molar-refractivity contribution is 5.94. The van der Waals surface area contributed by atoms with Crippen LogP contribution in [-0.2, 0) is 18.6 Å². The van der Waals surface area contributed by atoms with E-state index >= 15 is 0 Å². The van der Waals surface area contributed by atoms with Crippen molar-refractivity contribution in [3.05, 3.63) is 52.8 Å². The molecule has 1 heterocycles. The molecule has 0 radical (unpaired) electrons. The molecule has 1 aliphatic carbocycles. The highest BCUT2D eigenvalue weighted by Gasteiger charge is 2.46. The molecular formula is C18H20F3N3O. The minimum Gasteiger partial charge on any atom is -0.346 e. The van der Waals surface area contributed by atoms with Gasteiger partial charge in [-0.15, -0.1) is 0 Å². The monoisotopic (exact) mass is 351 g/mol. The number of hydrogen-bond donors (Lipinski definition) is 1. The molecule has 1 aromatic carbocycles. The molecule has 3 rings (SSSR count). The molecule has 2 aromatic rings. The van der Waals surface area contributed by atoms with Gasteiger partial charge in [-0.05, 0) is 11.1 Å². The molecule has 1 amide bonds. The number of aryl methyl sites for hydroxylation is 1. The summed E-state index contributed by atoms with van der Waals surface area (Å²) in [6.45, 7) is 5.95. The minimum absolute atomic E-state index is 0.00630. The second-order valence-electron chi connectivity index (χ2n) is 7.11. The molecule has 2 atom stereocenters. The van der Waals surface area contributed by atoms with Gasteiger partial charge in [-0.25, -0.2) is 0 Å². The molecule has 0 bridgehead atoms. The second-order valence-corrected chi connectivity index (χ2v) is 7.11. The van der Waals surface area contributed by atoms with E-state index < -0.39 is 28.8 Å². The third kappa shape index (κ3) is 2.81. The average molecular weight is 351 g/mol. The van der Waals surface area contributed by atoms with Gasteiger partial charge in [0.1, 0.15) is 5.56 Å². The van der Waals surface area contributed by atoms with Crippen LogP contribution < -0.4 is 5.32 Å². The van der Waals surface area contributed by atoms with Crippen LogP contribution in [0.4, 0.5) is 13.2 Å². The third-order valence-electron chi connectivity index (χ3n) is 5.06. The molecule has 0 saturated heterocycles. The Hall–Kier alpha value is -2.31. The zero-order valence-electron chi connectivity index (χ0n) is 14.5. The van der Waals surface area contributed by atoms with E-state index in [9.17, 15) is 18.0 Å². The number of nitrogens with one attached hydrogen (secondary N) is 1. The Morgan fingerprint density at radius 2 is 1.92 bits per heavy atom. The van der Waals surface area contributed by atoms with Crippen molar-refractivity contribution in [3.63, 3.8) is 0 Å². The van der Waals surface area contributed by atoms with Gasteiger partial charge < -0.3 is 5.32 Å². The molecule has 0 spiro atoms. The van der Waals surface area contributed by atoms with Crippen LogP contribution in [-0.4, -0.2) is 21.7 Å². The number of nitrogens with zero attached hydrogens (tertiary/aromatic N) is 2. The van der Waals surface area contributed by atoms with E-state index in [1.165, 1.54) is 7.05 Å². The Balaban J connectivity index is 1.93. The van der Waals surface area contributed by atoms with E-state index in [0.29, 0.717) is 0 Å². The normalized spacial score (nSPS) is 21.9. The predicted octanol–water partition coefficient (Wildman–Crippen LogP) is 3.63. The average Bonchev–Trinajstić information content (AvgIpc) is 3.00. The number of aromatic nitrogens is 2. The van der Waals surface area contributed by atoms with E-state index in [-0.39, 0.29) is 12.0 Å². The Bertz CT molecular complexity index is 823. The maximum Gasteiger partial charge on any atom is 0.420 e. The Morgan fingerprint density at radius 3 is 2.52 bits per heavy atom. The van der Waals surface area contributed by atoms with E-state index in [2.05, 4.69) is 10.4 Å². The van der Waals surface area contributed by atoms with Gasteiger partial charge in [0.2, 0.25) is 0 Å². The summed E-state index contributed by atoms with van der Waals surface area (Å²) in [5, 5.41) is 6.52. The number of fused-ring (bicyclic) bond motifs is 1. The van der Waals surface area contributed by atoms with Crippen molar-refractivity contribution in [2.75, 3.05) is 0 Å². The quantitative estimate of drug-likeness (QED) is 0.898. The Kier molecular flexibility index (Phi) is 3.93. The van der Waals surface area contributed by atoms with Crippen LogP contribution in [0.25, 0.3) is 0 Å². The number of rotatable bonds is 2. The zero-order chi connectivity index (χ0) is 18.6. The maximum atomic E-state index is 13.1. The lowest BCUT2D eigenvalue weighted by molar-refractivity contribution is -0.138. The molecule has 25 heavy (non-hydrogen) atoms. The van der Waals surface area contributed by atoms with E-state index in [1.807, 2.05) is 45.0 Å². The van der Waals surface area contributed by atoms with Gasteiger partial charge >= 0.3 is 6.18 Å². The van der Waals surface area contributed by atoms with Gasteiger partial charge in [-0.3, -0.25) is 9.48 Å². The third-order valence-corrected chi connectivity index (χ3v) is 5.06. The fourth-order valence-electron chi connectivity index (χ4n) is 3.83. The first-order valence-electron chi connectivity index (χ1n) is 8.04. The molecular weight excluding hydrogens is 331 g/mol. The van der Waals surface area contributed by atoms with Gasteiger partial charge in [0.05, 0.1) is 0 Å². The SMILES string of the molecule is C[C@H]1c2ccccc2C(C)(C)C1NC(=O)c1nn(C)cc1C(F)(F)F. The molecule has 1 unspecified atom stereocenters. The fourth-order valence-corrected chi connectivity index (χ4v) is 3.83. The Labute approximate surface area is 144 Å². The van der Waals surface area contributed by atoms with E-state index in [4.69, 9.17) is 0 Å². The zero-order valence-corrected chi connectivity index (χ0v) is 14.5. The summed E-state index contributed by atoms with van der Waals surface area (Å²) < 4.78 is 40.4. The Morgan fingerprint density at radius 1 is 1.28 bits per heavy atom. The number of benzene rings is 1. The standard InChI is InChI=1S/C18H20F3N3O/c1-10-11-7-5-6-8-12(11)17(2,3)15(10)22-16(25)14-13(18(19,20)21)9-24(4)23-14/h5-10,15H,1-4H3,(H,22,25)/t10-,15?/m0/s1. The smallest absolute Gasteiger partial charge is 0.346 e. The summed E-state index contributed by atoms with van der Waals surface area (Å²) in [4.78, 5) is 12.6. The number of alkyl halides is 3. The lowest BCUT2D eigenvalue weighted by atomic mass is 9.81. The molecule has 1 N–H and O–H groups in total. The first-order valence-corrected chi connectivity index (χ1v) is 8.04. The van der Waals surface area contributed by atoms with Crippen molar-refractivity contribution < 1.29 is 18.0 Å². The van der Waals surface area contributed by atoms with Crippen molar-refractivity contribution >= 4 is 5.91 Å². The molecule has 0 fully saturated rings. The van der Waals surface area contributed by atoms with Crippen LogP contribution in [0.15, 0.2) is 30.5 Å². The summed E-state index contributed by atoms with van der Waals surface area (Å²) in [6, 6.07) is 7.53. The van der Waals surface area contributed by atoms with Crippen molar-refractivity contribution in [2.45, 2.75) is 44.3 Å². The molecule has 1 aromatic heterocycles. The summed E-state index contributed by atoms with van der Waals surface area (Å²) >= 11 is 0. The fraction of sp³-hybridized carbons (Fsp3) is 0.444. The lowest BCUT2D eigenvalue weighted by Gasteiger charge is -2.31. The number of hydrogen-bond acceptors (Lipinski definition) is 2. The van der Waals surface area contributed by atoms with Crippen molar-refractivity contribution in [3.8, 4) is 0 Å².